The highest BCUT2D eigenvalue weighted by Crippen LogP contribution is 2.52. The van der Waals surface area contributed by atoms with Gasteiger partial charge in [-0.05, 0) is 51.5 Å². The fourth-order valence-electron chi connectivity index (χ4n) is 4.43. The number of piperidine rings is 2. The molecule has 4 N–H and O–H groups in total. The minimum absolute atomic E-state index is 0.219. The summed E-state index contributed by atoms with van der Waals surface area (Å²) in [7, 11) is 0. The van der Waals surface area contributed by atoms with Gasteiger partial charge in [-0.2, -0.15) is 5.10 Å². The van der Waals surface area contributed by atoms with E-state index in [1.807, 2.05) is 19.1 Å². The predicted octanol–water partition coefficient (Wildman–Crippen LogP) is 3.20. The number of hydrogen-bond donors (Lipinski definition) is 3. The maximum Gasteiger partial charge on any atom is 0.153 e. The number of nitrogens with two attached hydrogens (primary N) is 1. The zero-order chi connectivity index (χ0) is 18.3. The van der Waals surface area contributed by atoms with Crippen LogP contribution < -0.4 is 11.1 Å². The van der Waals surface area contributed by atoms with E-state index in [4.69, 9.17) is 10.7 Å². The molecule has 1 aromatic rings. The van der Waals surface area contributed by atoms with Crippen molar-refractivity contribution >= 4 is 11.7 Å². The normalized spacial score (nSPS) is 29.6. The number of aromatic nitrogens is 2. The molecule has 0 radical (unpaired) electrons. The van der Waals surface area contributed by atoms with Gasteiger partial charge in [0.05, 0.1) is 0 Å². The molecular weight excluding hydrogens is 324 g/mol. The Bertz CT molecular complexity index is 733. The van der Waals surface area contributed by atoms with E-state index in [9.17, 15) is 0 Å². The molecule has 6 nitrogen and oxygen atoms in total. The summed E-state index contributed by atoms with van der Waals surface area (Å²) in [5.41, 5.74) is 7.71. The second-order valence-corrected chi connectivity index (χ2v) is 8.33. The number of H-pyrrole nitrogens is 1. The molecule has 2 saturated carbocycles. The third kappa shape index (κ3) is 3.30. The standard InChI is InChI=1S/C20H30N6/c1-4-5-18(23-19-8-17(24-25-19)16-6-7-16)22-14(3)26-11-15-9-20(10-15,12-26)13(2)21/h4-5,8,13,15-16H,3,6-7,9-12,21H2,1-2H3,(H2,22,23,24,25)/b5-4-. The van der Waals surface area contributed by atoms with Crippen LogP contribution in [0.25, 0.3) is 0 Å². The fourth-order valence-corrected chi connectivity index (χ4v) is 4.43. The molecule has 0 spiro atoms. The molecule has 1 atom stereocenters. The maximum absolute atomic E-state index is 6.26. The number of rotatable bonds is 6. The molecule has 4 fully saturated rings. The summed E-state index contributed by atoms with van der Waals surface area (Å²) < 4.78 is 0. The summed E-state index contributed by atoms with van der Waals surface area (Å²) in [5, 5.41) is 10.8. The number of allylic oxidation sites excluding steroid dienone is 1. The highest BCUT2D eigenvalue weighted by molar-refractivity contribution is 6.03. The van der Waals surface area contributed by atoms with Crippen LogP contribution in [0.5, 0.6) is 0 Å². The van der Waals surface area contributed by atoms with E-state index >= 15 is 0 Å². The summed E-state index contributed by atoms with van der Waals surface area (Å²) in [6.45, 7) is 10.3. The number of anilines is 1. The van der Waals surface area contributed by atoms with Crippen molar-refractivity contribution in [3.63, 3.8) is 0 Å². The van der Waals surface area contributed by atoms with Crippen molar-refractivity contribution in [1.29, 1.82) is 0 Å². The quantitative estimate of drug-likeness (QED) is 0.541. The minimum atomic E-state index is 0.219. The molecule has 2 aliphatic heterocycles. The van der Waals surface area contributed by atoms with Gasteiger partial charge in [0.1, 0.15) is 11.7 Å². The lowest BCUT2D eigenvalue weighted by molar-refractivity contribution is -0.0609. The summed E-state index contributed by atoms with van der Waals surface area (Å²) in [6, 6.07) is 2.30. The predicted molar refractivity (Wildman–Crippen MR) is 106 cm³/mol. The third-order valence-corrected chi connectivity index (χ3v) is 6.15. The van der Waals surface area contributed by atoms with Crippen LogP contribution in [-0.2, 0) is 0 Å². The third-order valence-electron chi connectivity index (χ3n) is 6.15. The molecule has 0 amide bonds. The van der Waals surface area contributed by atoms with E-state index < -0.39 is 0 Å². The van der Waals surface area contributed by atoms with Gasteiger partial charge in [0, 0.05) is 42.2 Å². The number of amidine groups is 1. The summed E-state index contributed by atoms with van der Waals surface area (Å²) in [5.74, 6) is 3.76. The largest absolute Gasteiger partial charge is 0.356 e. The first-order chi connectivity index (χ1) is 12.5. The van der Waals surface area contributed by atoms with Crippen LogP contribution >= 0.6 is 0 Å². The lowest BCUT2D eigenvalue weighted by atomic mass is 9.56. The van der Waals surface area contributed by atoms with Gasteiger partial charge >= 0.3 is 0 Å². The second-order valence-electron chi connectivity index (χ2n) is 8.33. The molecule has 2 bridgehead atoms. The summed E-state index contributed by atoms with van der Waals surface area (Å²) in [4.78, 5) is 7.05. The number of hydrogen-bond acceptors (Lipinski definition) is 4. The molecular formula is C20H30N6. The fraction of sp³-hybridized carbons (Fsp3) is 0.600. The average Bonchev–Trinajstić information content (AvgIpc) is 3.34. The average molecular weight is 355 g/mol. The zero-order valence-corrected chi connectivity index (χ0v) is 15.8. The van der Waals surface area contributed by atoms with E-state index in [0.29, 0.717) is 5.92 Å². The lowest BCUT2D eigenvalue weighted by Crippen LogP contribution is -2.62. The van der Waals surface area contributed by atoms with Gasteiger partial charge in [-0.15, -0.1) is 0 Å². The van der Waals surface area contributed by atoms with Crippen LogP contribution in [0.1, 0.15) is 51.1 Å². The Kier molecular flexibility index (Phi) is 4.39. The molecule has 1 unspecified atom stereocenters. The number of aromatic amines is 1. The molecule has 26 heavy (non-hydrogen) atoms. The van der Waals surface area contributed by atoms with Gasteiger partial charge in [0.15, 0.2) is 5.82 Å². The van der Waals surface area contributed by atoms with Crippen LogP contribution in [0.3, 0.4) is 0 Å². The molecule has 0 aromatic carbocycles. The van der Waals surface area contributed by atoms with Gasteiger partial charge in [0.2, 0.25) is 0 Å². The van der Waals surface area contributed by atoms with Gasteiger partial charge in [-0.1, -0.05) is 12.7 Å². The Morgan fingerprint density at radius 2 is 2.31 bits per heavy atom. The topological polar surface area (TPSA) is 82.3 Å². The Balaban J connectivity index is 1.45. The Morgan fingerprint density at radius 3 is 2.96 bits per heavy atom. The van der Waals surface area contributed by atoms with Gasteiger partial charge in [-0.25, -0.2) is 4.99 Å². The number of nitrogens with one attached hydrogen (secondary N) is 2. The minimum Gasteiger partial charge on any atom is -0.356 e. The van der Waals surface area contributed by atoms with Gasteiger partial charge in [0.25, 0.3) is 0 Å². The van der Waals surface area contributed by atoms with Crippen LogP contribution in [0.15, 0.2) is 35.6 Å². The van der Waals surface area contributed by atoms with Crippen molar-refractivity contribution in [2.24, 2.45) is 22.1 Å². The summed E-state index contributed by atoms with van der Waals surface area (Å²) in [6.07, 6.45) is 8.94. The lowest BCUT2D eigenvalue weighted by Gasteiger charge is -2.59. The van der Waals surface area contributed by atoms with Crippen molar-refractivity contribution < 1.29 is 0 Å². The first-order valence-corrected chi connectivity index (χ1v) is 9.72. The summed E-state index contributed by atoms with van der Waals surface area (Å²) >= 11 is 0. The molecule has 140 valence electrons. The van der Waals surface area contributed by atoms with Crippen molar-refractivity contribution in [3.05, 3.63) is 36.3 Å². The van der Waals surface area contributed by atoms with Crippen LogP contribution in [0, 0.1) is 11.3 Å². The molecule has 2 aliphatic carbocycles. The van der Waals surface area contributed by atoms with Crippen LogP contribution in [0.4, 0.5) is 5.82 Å². The van der Waals surface area contributed by atoms with E-state index in [1.165, 1.54) is 31.4 Å². The first-order valence-electron chi connectivity index (χ1n) is 9.72. The van der Waals surface area contributed by atoms with Crippen LogP contribution in [-0.4, -0.2) is 40.1 Å². The SMILES string of the molecule is C=C(/N=C(\C=C/C)Nc1cc(C2CC2)[nH]n1)N1CC2CC(C(C)N)(C2)C1. The smallest absolute Gasteiger partial charge is 0.153 e. The number of fused-ring (bicyclic) bond motifs is 2. The van der Waals surface area contributed by atoms with E-state index in [2.05, 4.69) is 40.0 Å². The van der Waals surface area contributed by atoms with Crippen LogP contribution in [0.2, 0.25) is 0 Å². The highest BCUT2D eigenvalue weighted by Gasteiger charge is 2.52. The molecule has 4 aliphatic rings. The first kappa shape index (κ1) is 17.3. The van der Waals surface area contributed by atoms with Gasteiger partial charge < -0.3 is 16.0 Å². The highest BCUT2D eigenvalue weighted by atomic mass is 15.3. The molecule has 1 aromatic heterocycles. The number of nitrogens with zero attached hydrogens (tertiary/aromatic N) is 3. The second kappa shape index (κ2) is 6.58. The monoisotopic (exact) mass is 354 g/mol. The van der Waals surface area contributed by atoms with Crippen molar-refractivity contribution in [2.45, 2.75) is 51.5 Å². The van der Waals surface area contributed by atoms with E-state index in [1.54, 1.807) is 0 Å². The molecule has 3 heterocycles. The van der Waals surface area contributed by atoms with E-state index in [0.717, 1.165) is 36.5 Å². The number of aliphatic imine (C=N–C) groups is 1. The maximum atomic E-state index is 6.26. The molecule has 5 rings (SSSR count). The van der Waals surface area contributed by atoms with Crippen molar-refractivity contribution in [2.75, 3.05) is 18.4 Å². The van der Waals surface area contributed by atoms with Gasteiger partial charge in [-0.3, -0.25) is 5.10 Å². The Morgan fingerprint density at radius 1 is 1.54 bits per heavy atom. The Hall–Kier alpha value is -2.08. The molecule has 6 heteroatoms. The Labute approximate surface area is 155 Å². The van der Waals surface area contributed by atoms with Crippen molar-refractivity contribution in [1.82, 2.24) is 15.1 Å². The van der Waals surface area contributed by atoms with E-state index in [-0.39, 0.29) is 11.5 Å². The zero-order valence-electron chi connectivity index (χ0n) is 15.8. The van der Waals surface area contributed by atoms with Crippen molar-refractivity contribution in [3.8, 4) is 0 Å². The molecule has 2 saturated heterocycles.